The lowest BCUT2D eigenvalue weighted by Gasteiger charge is -2.34. The van der Waals surface area contributed by atoms with Gasteiger partial charge in [0.25, 0.3) is 0 Å². The molecule has 0 radical (unpaired) electrons. The van der Waals surface area contributed by atoms with Gasteiger partial charge in [-0.25, -0.2) is 0 Å². The van der Waals surface area contributed by atoms with Gasteiger partial charge >= 0.3 is 0 Å². The first-order valence-electron chi connectivity index (χ1n) is 10.1. The molecule has 0 aromatic heterocycles. The molecule has 0 spiro atoms. The molecular weight excluding hydrogens is 368 g/mol. The molecule has 29 heavy (non-hydrogen) atoms. The number of aliphatic hydroxyl groups excluding tert-OH is 1. The van der Waals surface area contributed by atoms with Gasteiger partial charge in [0.1, 0.15) is 18.4 Å². The maximum absolute atomic E-state index is 11.4. The Hall–Kier alpha value is -2.41. The number of benzene rings is 2. The SMILES string of the molecule is COc1cccc(COC[C@@H](O)C[NH+]2CCN(c3ccc(C(C)=O)cc3)CC2)c1. The van der Waals surface area contributed by atoms with Crippen LogP contribution in [-0.2, 0) is 11.3 Å². The summed E-state index contributed by atoms with van der Waals surface area (Å²) in [6.07, 6.45) is -0.475. The Morgan fingerprint density at radius 2 is 1.90 bits per heavy atom. The van der Waals surface area contributed by atoms with E-state index in [0.29, 0.717) is 19.8 Å². The predicted octanol–water partition coefficient (Wildman–Crippen LogP) is 1.18. The third kappa shape index (κ3) is 6.29. The standard InChI is InChI=1S/C23H30N2O4/c1-18(26)20-6-8-21(9-7-20)25-12-10-24(11-13-25)15-22(27)17-29-16-19-4-3-5-23(14-19)28-2/h3-9,14,22,27H,10-13,15-17H2,1-2H3/p+1/t22-/m0/s1. The summed E-state index contributed by atoms with van der Waals surface area (Å²) >= 11 is 0. The number of quaternary nitrogens is 1. The van der Waals surface area contributed by atoms with Crippen molar-refractivity contribution in [2.75, 3.05) is 51.3 Å². The number of aliphatic hydroxyl groups is 1. The summed E-state index contributed by atoms with van der Waals surface area (Å²) in [6, 6.07) is 15.6. The smallest absolute Gasteiger partial charge is 0.159 e. The van der Waals surface area contributed by atoms with Crippen LogP contribution in [0.3, 0.4) is 0 Å². The average Bonchev–Trinajstić information content (AvgIpc) is 2.74. The molecular formula is C23H31N2O4+. The number of rotatable bonds is 9. The average molecular weight is 400 g/mol. The van der Waals surface area contributed by atoms with E-state index in [-0.39, 0.29) is 5.78 Å². The Bertz CT molecular complexity index is 786. The quantitative estimate of drug-likeness (QED) is 0.620. The van der Waals surface area contributed by atoms with Crippen LogP contribution in [0.15, 0.2) is 48.5 Å². The summed E-state index contributed by atoms with van der Waals surface area (Å²) in [6.45, 7) is 6.89. The van der Waals surface area contributed by atoms with Crippen LogP contribution in [-0.4, -0.2) is 63.4 Å². The van der Waals surface area contributed by atoms with Gasteiger partial charge < -0.3 is 24.4 Å². The molecule has 1 fully saturated rings. The highest BCUT2D eigenvalue weighted by atomic mass is 16.5. The highest BCUT2D eigenvalue weighted by Gasteiger charge is 2.22. The molecule has 0 saturated carbocycles. The molecule has 0 bridgehead atoms. The van der Waals surface area contributed by atoms with E-state index in [1.165, 1.54) is 4.90 Å². The number of carbonyl (C=O) groups excluding carboxylic acids is 1. The summed E-state index contributed by atoms with van der Waals surface area (Å²) in [5.41, 5.74) is 2.93. The van der Waals surface area contributed by atoms with Crippen LogP contribution in [0.4, 0.5) is 5.69 Å². The maximum atomic E-state index is 11.4. The molecule has 0 aliphatic carbocycles. The predicted molar refractivity (Wildman–Crippen MR) is 113 cm³/mol. The van der Waals surface area contributed by atoms with Crippen molar-refractivity contribution in [2.45, 2.75) is 19.6 Å². The van der Waals surface area contributed by atoms with Gasteiger partial charge in [-0.2, -0.15) is 0 Å². The Morgan fingerprint density at radius 3 is 2.55 bits per heavy atom. The molecule has 1 aliphatic rings. The number of methoxy groups -OCH3 is 1. The fourth-order valence-corrected chi connectivity index (χ4v) is 3.66. The van der Waals surface area contributed by atoms with Crippen LogP contribution >= 0.6 is 0 Å². The van der Waals surface area contributed by atoms with E-state index in [1.807, 2.05) is 48.5 Å². The third-order valence-corrected chi connectivity index (χ3v) is 5.35. The molecule has 1 saturated heterocycles. The molecule has 6 heteroatoms. The van der Waals surface area contributed by atoms with Crippen molar-refractivity contribution >= 4 is 11.5 Å². The number of nitrogens with one attached hydrogen (secondary N) is 1. The van der Waals surface area contributed by atoms with E-state index in [9.17, 15) is 9.90 Å². The molecule has 1 heterocycles. The van der Waals surface area contributed by atoms with Crippen LogP contribution in [0.25, 0.3) is 0 Å². The molecule has 1 atom stereocenters. The van der Waals surface area contributed by atoms with Crippen molar-refractivity contribution in [1.82, 2.24) is 0 Å². The van der Waals surface area contributed by atoms with Gasteiger partial charge in [-0.1, -0.05) is 12.1 Å². The molecule has 2 aromatic carbocycles. The Labute approximate surface area is 172 Å². The fraction of sp³-hybridized carbons (Fsp3) is 0.435. The first-order chi connectivity index (χ1) is 14.0. The van der Waals surface area contributed by atoms with E-state index < -0.39 is 6.10 Å². The summed E-state index contributed by atoms with van der Waals surface area (Å²) < 4.78 is 10.9. The summed E-state index contributed by atoms with van der Waals surface area (Å²) in [5.74, 6) is 0.901. The number of ether oxygens (including phenoxy) is 2. The van der Waals surface area contributed by atoms with Crippen molar-refractivity contribution in [2.24, 2.45) is 0 Å². The number of hydrogen-bond acceptors (Lipinski definition) is 5. The zero-order valence-corrected chi connectivity index (χ0v) is 17.3. The molecule has 0 amide bonds. The molecule has 3 rings (SSSR count). The van der Waals surface area contributed by atoms with E-state index in [4.69, 9.17) is 9.47 Å². The second-order valence-corrected chi connectivity index (χ2v) is 7.56. The number of hydrogen-bond donors (Lipinski definition) is 2. The van der Waals surface area contributed by atoms with E-state index in [1.54, 1.807) is 14.0 Å². The number of ketones is 1. The monoisotopic (exact) mass is 399 g/mol. The minimum atomic E-state index is -0.475. The van der Waals surface area contributed by atoms with E-state index in [2.05, 4.69) is 4.90 Å². The van der Waals surface area contributed by atoms with Gasteiger partial charge in [-0.05, 0) is 48.9 Å². The minimum absolute atomic E-state index is 0.0911. The number of piperazine rings is 1. The lowest BCUT2D eigenvalue weighted by atomic mass is 10.1. The number of anilines is 1. The summed E-state index contributed by atoms with van der Waals surface area (Å²) in [5, 5.41) is 10.3. The largest absolute Gasteiger partial charge is 0.497 e. The molecule has 1 aliphatic heterocycles. The lowest BCUT2D eigenvalue weighted by Crippen LogP contribution is -3.16. The Kier molecular flexibility index (Phi) is 7.63. The number of nitrogens with zero attached hydrogens (tertiary/aromatic N) is 1. The molecule has 156 valence electrons. The highest BCUT2D eigenvalue weighted by molar-refractivity contribution is 5.94. The van der Waals surface area contributed by atoms with E-state index in [0.717, 1.165) is 48.7 Å². The van der Waals surface area contributed by atoms with Crippen molar-refractivity contribution < 1.29 is 24.3 Å². The fourth-order valence-electron chi connectivity index (χ4n) is 3.66. The van der Waals surface area contributed by atoms with Gasteiger partial charge in [0.15, 0.2) is 5.78 Å². The summed E-state index contributed by atoms with van der Waals surface area (Å²) in [4.78, 5) is 15.1. The van der Waals surface area contributed by atoms with Crippen LogP contribution in [0.2, 0.25) is 0 Å². The van der Waals surface area contributed by atoms with Crippen molar-refractivity contribution in [3.63, 3.8) is 0 Å². The lowest BCUT2D eigenvalue weighted by molar-refractivity contribution is -0.903. The summed E-state index contributed by atoms with van der Waals surface area (Å²) in [7, 11) is 1.65. The van der Waals surface area contributed by atoms with E-state index >= 15 is 0 Å². The van der Waals surface area contributed by atoms with Gasteiger partial charge in [0.05, 0.1) is 46.5 Å². The number of Topliss-reactive ketones (excluding diaryl/α,β-unsaturated/α-hetero) is 1. The van der Waals surface area contributed by atoms with Crippen molar-refractivity contribution in [1.29, 1.82) is 0 Å². The van der Waals surface area contributed by atoms with Gasteiger partial charge in [0.2, 0.25) is 0 Å². The Balaban J connectivity index is 1.38. The molecule has 0 unspecified atom stereocenters. The van der Waals surface area contributed by atoms with Gasteiger partial charge in [0, 0.05) is 11.3 Å². The number of carbonyl (C=O) groups is 1. The molecule has 6 nitrogen and oxygen atoms in total. The van der Waals surface area contributed by atoms with Crippen LogP contribution in [0, 0.1) is 0 Å². The second kappa shape index (κ2) is 10.4. The first kappa shape index (κ1) is 21.3. The third-order valence-electron chi connectivity index (χ3n) is 5.35. The maximum Gasteiger partial charge on any atom is 0.159 e. The molecule has 2 aromatic rings. The van der Waals surface area contributed by atoms with Crippen molar-refractivity contribution in [3.05, 3.63) is 59.7 Å². The van der Waals surface area contributed by atoms with Crippen LogP contribution < -0.4 is 14.5 Å². The molecule has 2 N–H and O–H groups in total. The van der Waals surface area contributed by atoms with Crippen LogP contribution in [0.1, 0.15) is 22.8 Å². The zero-order chi connectivity index (χ0) is 20.6. The zero-order valence-electron chi connectivity index (χ0n) is 17.3. The van der Waals surface area contributed by atoms with Crippen LogP contribution in [0.5, 0.6) is 5.75 Å². The second-order valence-electron chi connectivity index (χ2n) is 7.56. The minimum Gasteiger partial charge on any atom is -0.497 e. The van der Waals surface area contributed by atoms with Crippen molar-refractivity contribution in [3.8, 4) is 5.75 Å². The normalized spacial score (nSPS) is 15.9. The highest BCUT2D eigenvalue weighted by Crippen LogP contribution is 2.16. The van der Waals surface area contributed by atoms with Gasteiger partial charge in [-0.15, -0.1) is 0 Å². The first-order valence-corrected chi connectivity index (χ1v) is 10.1. The topological polar surface area (TPSA) is 63.4 Å². The van der Waals surface area contributed by atoms with Gasteiger partial charge in [-0.3, -0.25) is 4.79 Å². The Morgan fingerprint density at radius 1 is 1.17 bits per heavy atom.